The highest BCUT2D eigenvalue weighted by atomic mass is 19.1. The molecule has 0 aliphatic carbocycles. The van der Waals surface area contributed by atoms with Crippen LogP contribution < -0.4 is 14.8 Å². The number of nitrogens with zero attached hydrogens (tertiary/aromatic N) is 1. The smallest absolute Gasteiger partial charge is 0.255 e. The molecule has 0 spiro atoms. The normalized spacial score (nSPS) is 10.8. The average molecular weight is 430 g/mol. The van der Waals surface area contributed by atoms with E-state index in [0.717, 1.165) is 22.4 Å². The van der Waals surface area contributed by atoms with Crippen LogP contribution >= 0.6 is 0 Å². The van der Waals surface area contributed by atoms with E-state index in [0.29, 0.717) is 34.7 Å². The van der Waals surface area contributed by atoms with Crippen molar-refractivity contribution in [3.05, 3.63) is 83.7 Å². The maximum atomic E-state index is 13.8. The summed E-state index contributed by atoms with van der Waals surface area (Å²) in [5, 5.41) is 3.46. The Morgan fingerprint density at radius 3 is 2.66 bits per heavy atom. The largest absolute Gasteiger partial charge is 0.497 e. The van der Waals surface area contributed by atoms with Crippen molar-refractivity contribution < 1.29 is 18.7 Å². The molecule has 5 nitrogen and oxygen atoms in total. The second kappa shape index (κ2) is 9.06. The van der Waals surface area contributed by atoms with Gasteiger partial charge in [0.2, 0.25) is 0 Å². The summed E-state index contributed by atoms with van der Waals surface area (Å²) in [7, 11) is 1.62. The number of anilines is 1. The first-order chi connectivity index (χ1) is 15.5. The summed E-state index contributed by atoms with van der Waals surface area (Å²) in [6.45, 7) is 4.04. The number of ether oxygens (including phenoxy) is 2. The van der Waals surface area contributed by atoms with E-state index in [1.54, 1.807) is 44.4 Å². The maximum absolute atomic E-state index is 13.8. The molecule has 32 heavy (non-hydrogen) atoms. The first-order valence-electron chi connectivity index (χ1n) is 10.3. The minimum atomic E-state index is -0.366. The number of carbonyl (C=O) groups is 1. The molecular weight excluding hydrogens is 407 g/mol. The minimum absolute atomic E-state index is 0.338. The van der Waals surface area contributed by atoms with Gasteiger partial charge in [-0.1, -0.05) is 18.2 Å². The van der Waals surface area contributed by atoms with Crippen LogP contribution in [0.2, 0.25) is 0 Å². The van der Waals surface area contributed by atoms with Crippen LogP contribution in [0.4, 0.5) is 10.1 Å². The number of benzene rings is 3. The summed E-state index contributed by atoms with van der Waals surface area (Å²) in [5.74, 6) is 0.664. The van der Waals surface area contributed by atoms with Crippen molar-refractivity contribution in [1.29, 1.82) is 0 Å². The van der Waals surface area contributed by atoms with E-state index in [2.05, 4.69) is 5.32 Å². The van der Waals surface area contributed by atoms with Gasteiger partial charge in [-0.15, -0.1) is 0 Å². The number of rotatable bonds is 6. The Labute approximate surface area is 185 Å². The fraction of sp³-hybridized carbons (Fsp3) is 0.154. The summed E-state index contributed by atoms with van der Waals surface area (Å²) in [6, 6.07) is 19.3. The lowest BCUT2D eigenvalue weighted by Gasteiger charge is -2.12. The summed E-state index contributed by atoms with van der Waals surface area (Å²) in [6.07, 6.45) is 0. The zero-order chi connectivity index (χ0) is 22.7. The van der Waals surface area contributed by atoms with E-state index in [-0.39, 0.29) is 11.7 Å². The minimum Gasteiger partial charge on any atom is -0.497 e. The van der Waals surface area contributed by atoms with Crippen LogP contribution in [0.3, 0.4) is 0 Å². The number of methoxy groups -OCH3 is 1. The molecule has 0 aliphatic rings. The molecule has 1 heterocycles. The molecule has 1 amide bonds. The van der Waals surface area contributed by atoms with Gasteiger partial charge in [-0.05, 0) is 61.9 Å². The molecule has 0 saturated carbocycles. The summed E-state index contributed by atoms with van der Waals surface area (Å²) >= 11 is 0. The third-order valence-electron chi connectivity index (χ3n) is 5.13. The van der Waals surface area contributed by atoms with Gasteiger partial charge in [0.25, 0.3) is 5.91 Å². The fourth-order valence-electron chi connectivity index (χ4n) is 3.42. The number of hydrogen-bond donors (Lipinski definition) is 1. The van der Waals surface area contributed by atoms with Crippen molar-refractivity contribution in [1.82, 2.24) is 4.98 Å². The van der Waals surface area contributed by atoms with Gasteiger partial charge in [-0.3, -0.25) is 4.79 Å². The number of aryl methyl sites for hydroxylation is 1. The molecule has 0 saturated heterocycles. The number of hydrogen-bond acceptors (Lipinski definition) is 4. The number of nitrogens with one attached hydrogen (secondary N) is 1. The van der Waals surface area contributed by atoms with E-state index in [9.17, 15) is 9.18 Å². The maximum Gasteiger partial charge on any atom is 0.255 e. The van der Waals surface area contributed by atoms with Gasteiger partial charge in [0.1, 0.15) is 17.3 Å². The molecule has 4 aromatic rings. The molecular formula is C26H23FN2O3. The Morgan fingerprint density at radius 2 is 1.91 bits per heavy atom. The van der Waals surface area contributed by atoms with E-state index in [4.69, 9.17) is 14.5 Å². The fourth-order valence-corrected chi connectivity index (χ4v) is 3.42. The monoisotopic (exact) mass is 430 g/mol. The van der Waals surface area contributed by atoms with E-state index >= 15 is 0 Å². The van der Waals surface area contributed by atoms with Gasteiger partial charge in [0.15, 0.2) is 0 Å². The van der Waals surface area contributed by atoms with Crippen molar-refractivity contribution in [3.63, 3.8) is 0 Å². The highest BCUT2D eigenvalue weighted by molar-refractivity contribution is 6.07. The molecule has 0 unspecified atom stereocenters. The molecule has 1 N–H and O–H groups in total. The van der Waals surface area contributed by atoms with Gasteiger partial charge in [0.05, 0.1) is 24.9 Å². The predicted molar refractivity (Wildman–Crippen MR) is 124 cm³/mol. The number of aromatic nitrogens is 1. The van der Waals surface area contributed by atoms with Crippen molar-refractivity contribution in [2.75, 3.05) is 19.0 Å². The molecule has 162 valence electrons. The number of pyridine rings is 1. The van der Waals surface area contributed by atoms with Crippen LogP contribution in [-0.4, -0.2) is 24.6 Å². The molecule has 0 fully saturated rings. The molecule has 1 aromatic heterocycles. The Bertz CT molecular complexity index is 1300. The summed E-state index contributed by atoms with van der Waals surface area (Å²) in [5.41, 5.74) is 3.69. The van der Waals surface area contributed by atoms with Crippen molar-refractivity contribution in [2.24, 2.45) is 0 Å². The average Bonchev–Trinajstić information content (AvgIpc) is 2.81. The third kappa shape index (κ3) is 4.39. The summed E-state index contributed by atoms with van der Waals surface area (Å²) in [4.78, 5) is 17.5. The van der Waals surface area contributed by atoms with Crippen LogP contribution in [0.5, 0.6) is 11.5 Å². The topological polar surface area (TPSA) is 60.5 Å². The van der Waals surface area contributed by atoms with Crippen LogP contribution in [0, 0.1) is 12.7 Å². The van der Waals surface area contributed by atoms with Crippen LogP contribution in [0.1, 0.15) is 22.8 Å². The Hall–Kier alpha value is -3.93. The first kappa shape index (κ1) is 21.3. The zero-order valence-electron chi connectivity index (χ0n) is 18.1. The van der Waals surface area contributed by atoms with Gasteiger partial charge < -0.3 is 14.8 Å². The molecule has 3 aromatic carbocycles. The Morgan fingerprint density at radius 1 is 1.06 bits per heavy atom. The van der Waals surface area contributed by atoms with Gasteiger partial charge in [-0.25, -0.2) is 9.37 Å². The lowest BCUT2D eigenvalue weighted by Crippen LogP contribution is -2.12. The molecule has 4 rings (SSSR count). The third-order valence-corrected chi connectivity index (χ3v) is 5.13. The second-order valence-electron chi connectivity index (χ2n) is 7.32. The standard InChI is InChI=1S/C26H23FN2O3/c1-4-32-25-15-24(17-6-5-7-20(12-17)31-3)29-23-11-9-18(13-21(23)25)26(30)28-19-10-8-16(2)22(27)14-19/h5-15H,4H2,1-3H3,(H,28,30). The molecule has 0 radical (unpaired) electrons. The first-order valence-corrected chi connectivity index (χ1v) is 10.3. The summed E-state index contributed by atoms with van der Waals surface area (Å²) < 4.78 is 25.0. The van der Waals surface area contributed by atoms with E-state index in [1.165, 1.54) is 6.07 Å². The van der Waals surface area contributed by atoms with Crippen LogP contribution in [0.15, 0.2) is 66.7 Å². The van der Waals surface area contributed by atoms with Gasteiger partial charge >= 0.3 is 0 Å². The van der Waals surface area contributed by atoms with Crippen LogP contribution in [0.25, 0.3) is 22.2 Å². The van der Waals surface area contributed by atoms with E-state index in [1.807, 2.05) is 37.3 Å². The quantitative estimate of drug-likeness (QED) is 0.407. The Balaban J connectivity index is 1.71. The number of carbonyl (C=O) groups excluding carboxylic acids is 1. The highest BCUT2D eigenvalue weighted by Crippen LogP contribution is 2.32. The lowest BCUT2D eigenvalue weighted by atomic mass is 10.1. The van der Waals surface area contributed by atoms with Crippen LogP contribution in [-0.2, 0) is 0 Å². The van der Waals surface area contributed by atoms with E-state index < -0.39 is 0 Å². The van der Waals surface area contributed by atoms with Gasteiger partial charge in [-0.2, -0.15) is 0 Å². The highest BCUT2D eigenvalue weighted by Gasteiger charge is 2.14. The molecule has 0 atom stereocenters. The zero-order valence-corrected chi connectivity index (χ0v) is 18.1. The van der Waals surface area contributed by atoms with Crippen molar-refractivity contribution >= 4 is 22.5 Å². The number of halogens is 1. The number of fused-ring (bicyclic) bond motifs is 1. The Kier molecular flexibility index (Phi) is 6.03. The van der Waals surface area contributed by atoms with Crippen molar-refractivity contribution in [3.8, 4) is 22.8 Å². The van der Waals surface area contributed by atoms with Crippen molar-refractivity contribution in [2.45, 2.75) is 13.8 Å². The lowest BCUT2D eigenvalue weighted by molar-refractivity contribution is 0.102. The predicted octanol–water partition coefficient (Wildman–Crippen LogP) is 6.01. The molecule has 6 heteroatoms. The molecule has 0 bridgehead atoms. The second-order valence-corrected chi connectivity index (χ2v) is 7.32. The number of amides is 1. The SMILES string of the molecule is CCOc1cc(-c2cccc(OC)c2)nc2ccc(C(=O)Nc3ccc(C)c(F)c3)cc12. The molecule has 0 aliphatic heterocycles. The van der Waals surface area contributed by atoms with Gasteiger partial charge in [0, 0.05) is 28.3 Å².